The van der Waals surface area contributed by atoms with Gasteiger partial charge in [-0.15, -0.1) is 0 Å². The summed E-state index contributed by atoms with van der Waals surface area (Å²) in [7, 11) is 2.11. The SMILES string of the molecule is CC(C)N1C(=N)N(C)C2CC(C)(C)CC(C)(C)CC21. The van der Waals surface area contributed by atoms with Crippen molar-refractivity contribution in [2.75, 3.05) is 7.05 Å². The lowest BCUT2D eigenvalue weighted by atomic mass is 9.74. The molecule has 0 radical (unpaired) electrons. The molecule has 0 spiro atoms. The van der Waals surface area contributed by atoms with Crippen molar-refractivity contribution in [1.82, 2.24) is 9.80 Å². The number of guanidine groups is 1. The third-order valence-electron chi connectivity index (χ3n) is 4.91. The summed E-state index contributed by atoms with van der Waals surface area (Å²) in [5.41, 5.74) is 0.728. The quantitative estimate of drug-likeness (QED) is 0.786. The van der Waals surface area contributed by atoms with Gasteiger partial charge in [-0.1, -0.05) is 27.7 Å². The summed E-state index contributed by atoms with van der Waals surface area (Å²) in [5.74, 6) is 0.721. The molecule has 0 aromatic carbocycles. The van der Waals surface area contributed by atoms with Crippen LogP contribution in [0, 0.1) is 16.2 Å². The van der Waals surface area contributed by atoms with Crippen LogP contribution in [0.4, 0.5) is 0 Å². The van der Waals surface area contributed by atoms with Crippen LogP contribution in [0.25, 0.3) is 0 Å². The average molecular weight is 265 g/mol. The molecule has 0 aromatic heterocycles. The first-order valence-corrected chi connectivity index (χ1v) is 7.64. The van der Waals surface area contributed by atoms with E-state index < -0.39 is 0 Å². The van der Waals surface area contributed by atoms with Crippen LogP contribution in [0.3, 0.4) is 0 Å². The van der Waals surface area contributed by atoms with Gasteiger partial charge in [-0.25, -0.2) is 0 Å². The maximum Gasteiger partial charge on any atom is 0.194 e. The number of hydrogen-bond donors (Lipinski definition) is 1. The molecule has 2 atom stereocenters. The second-order valence-corrected chi connectivity index (χ2v) is 8.48. The fourth-order valence-corrected chi connectivity index (χ4v) is 4.65. The average Bonchev–Trinajstić information content (AvgIpc) is 2.36. The molecule has 0 amide bonds. The van der Waals surface area contributed by atoms with Gasteiger partial charge >= 0.3 is 0 Å². The van der Waals surface area contributed by atoms with Crippen LogP contribution < -0.4 is 0 Å². The van der Waals surface area contributed by atoms with Crippen molar-refractivity contribution >= 4 is 5.96 Å². The van der Waals surface area contributed by atoms with E-state index in [9.17, 15) is 0 Å². The molecule has 0 bridgehead atoms. The van der Waals surface area contributed by atoms with E-state index in [4.69, 9.17) is 5.41 Å². The van der Waals surface area contributed by atoms with Crippen LogP contribution >= 0.6 is 0 Å². The maximum atomic E-state index is 8.42. The zero-order valence-corrected chi connectivity index (χ0v) is 13.7. The van der Waals surface area contributed by atoms with Gasteiger partial charge in [-0.2, -0.15) is 0 Å². The normalized spacial score (nSPS) is 33.6. The molecular formula is C16H31N3. The van der Waals surface area contributed by atoms with E-state index in [1.54, 1.807) is 0 Å². The number of nitrogens with zero attached hydrogens (tertiary/aromatic N) is 2. The standard InChI is InChI=1S/C16H31N3/c1-11(2)19-13-9-16(5,6)10-15(3,4)8-12(13)18(7)14(19)17/h11-13,17H,8-10H2,1-7H3. The Bertz CT molecular complexity index is 370. The van der Waals surface area contributed by atoms with Crippen LogP contribution in [-0.4, -0.2) is 40.9 Å². The summed E-state index contributed by atoms with van der Waals surface area (Å²) in [6.45, 7) is 14.0. The van der Waals surface area contributed by atoms with E-state index in [1.165, 1.54) is 19.3 Å². The Morgan fingerprint density at radius 3 is 2.00 bits per heavy atom. The topological polar surface area (TPSA) is 30.3 Å². The van der Waals surface area contributed by atoms with E-state index in [-0.39, 0.29) is 0 Å². The third kappa shape index (κ3) is 2.61. The van der Waals surface area contributed by atoms with Gasteiger partial charge in [0.05, 0.1) is 12.1 Å². The highest BCUT2D eigenvalue weighted by Crippen LogP contribution is 2.48. The van der Waals surface area contributed by atoms with Crippen molar-refractivity contribution in [3.05, 3.63) is 0 Å². The van der Waals surface area contributed by atoms with Gasteiger partial charge in [0, 0.05) is 13.1 Å². The molecule has 110 valence electrons. The van der Waals surface area contributed by atoms with Crippen LogP contribution in [0.2, 0.25) is 0 Å². The van der Waals surface area contributed by atoms with E-state index in [2.05, 4.69) is 58.4 Å². The Hall–Kier alpha value is -0.730. The predicted octanol–water partition coefficient (Wildman–Crippen LogP) is 3.55. The molecule has 2 unspecified atom stereocenters. The number of nitrogens with one attached hydrogen (secondary N) is 1. The lowest BCUT2D eigenvalue weighted by Gasteiger charge is -2.35. The summed E-state index contributed by atoms with van der Waals surface area (Å²) in [5, 5.41) is 8.42. The third-order valence-corrected chi connectivity index (χ3v) is 4.91. The van der Waals surface area contributed by atoms with Gasteiger partial charge in [0.1, 0.15) is 0 Å². The van der Waals surface area contributed by atoms with Crippen molar-refractivity contribution in [3.8, 4) is 0 Å². The highest BCUT2D eigenvalue weighted by molar-refractivity contribution is 5.80. The Labute approximate surface area is 118 Å². The van der Waals surface area contributed by atoms with Crippen LogP contribution in [-0.2, 0) is 0 Å². The summed E-state index contributed by atoms with van der Waals surface area (Å²) < 4.78 is 0. The van der Waals surface area contributed by atoms with Gasteiger partial charge in [-0.05, 0) is 43.9 Å². The summed E-state index contributed by atoms with van der Waals surface area (Å²) in [6.07, 6.45) is 3.68. The Morgan fingerprint density at radius 1 is 1.05 bits per heavy atom. The van der Waals surface area contributed by atoms with E-state index in [0.717, 1.165) is 5.96 Å². The molecule has 3 nitrogen and oxygen atoms in total. The molecule has 2 aliphatic rings. The molecular weight excluding hydrogens is 234 g/mol. The summed E-state index contributed by atoms with van der Waals surface area (Å²) in [4.78, 5) is 4.56. The highest BCUT2D eigenvalue weighted by atomic mass is 15.5. The van der Waals surface area contributed by atoms with Crippen molar-refractivity contribution in [2.45, 2.75) is 78.9 Å². The van der Waals surface area contributed by atoms with Gasteiger partial charge in [0.25, 0.3) is 0 Å². The van der Waals surface area contributed by atoms with Crippen molar-refractivity contribution < 1.29 is 0 Å². The number of likely N-dealkylation sites (N-methyl/N-ethyl adjacent to an activating group) is 1. The van der Waals surface area contributed by atoms with Crippen LogP contribution in [0.5, 0.6) is 0 Å². The first-order chi connectivity index (χ1) is 8.54. The zero-order chi connectivity index (χ0) is 14.6. The fourth-order valence-electron chi connectivity index (χ4n) is 4.65. The van der Waals surface area contributed by atoms with Gasteiger partial charge in [-0.3, -0.25) is 5.41 Å². The minimum absolute atomic E-state index is 0.363. The van der Waals surface area contributed by atoms with E-state index >= 15 is 0 Å². The monoisotopic (exact) mass is 265 g/mol. The predicted molar refractivity (Wildman–Crippen MR) is 81.5 cm³/mol. The lowest BCUT2D eigenvalue weighted by Crippen LogP contribution is -2.42. The summed E-state index contributed by atoms with van der Waals surface area (Å²) in [6, 6.07) is 1.43. The van der Waals surface area contributed by atoms with Gasteiger partial charge in [0.2, 0.25) is 0 Å². The van der Waals surface area contributed by atoms with Crippen molar-refractivity contribution in [3.63, 3.8) is 0 Å². The maximum absolute atomic E-state index is 8.42. The second kappa shape index (κ2) is 4.39. The molecule has 1 saturated carbocycles. The molecule has 1 N–H and O–H groups in total. The number of rotatable bonds is 1. The second-order valence-electron chi connectivity index (χ2n) is 8.48. The fraction of sp³-hybridized carbons (Fsp3) is 0.938. The van der Waals surface area contributed by atoms with Crippen molar-refractivity contribution in [1.29, 1.82) is 5.41 Å². The van der Waals surface area contributed by atoms with Crippen LogP contribution in [0.1, 0.15) is 60.8 Å². The molecule has 3 heteroatoms. The highest BCUT2D eigenvalue weighted by Gasteiger charge is 2.49. The van der Waals surface area contributed by atoms with Gasteiger partial charge < -0.3 is 9.80 Å². The van der Waals surface area contributed by atoms with E-state index in [0.29, 0.717) is 29.0 Å². The minimum atomic E-state index is 0.363. The molecule has 2 rings (SSSR count). The largest absolute Gasteiger partial charge is 0.341 e. The number of fused-ring (bicyclic) bond motifs is 1. The van der Waals surface area contributed by atoms with E-state index in [1.807, 2.05) is 0 Å². The number of hydrogen-bond acceptors (Lipinski definition) is 1. The summed E-state index contributed by atoms with van der Waals surface area (Å²) >= 11 is 0. The lowest BCUT2D eigenvalue weighted by molar-refractivity contribution is 0.174. The first-order valence-electron chi connectivity index (χ1n) is 7.64. The molecule has 1 aliphatic heterocycles. The van der Waals surface area contributed by atoms with Gasteiger partial charge in [0.15, 0.2) is 5.96 Å². The molecule has 2 fully saturated rings. The Kier molecular flexibility index (Phi) is 3.39. The first kappa shape index (κ1) is 14.7. The molecule has 1 heterocycles. The molecule has 1 aliphatic carbocycles. The zero-order valence-electron chi connectivity index (χ0n) is 13.7. The molecule has 1 saturated heterocycles. The molecule has 0 aromatic rings. The van der Waals surface area contributed by atoms with Crippen LogP contribution in [0.15, 0.2) is 0 Å². The van der Waals surface area contributed by atoms with Crippen molar-refractivity contribution in [2.24, 2.45) is 10.8 Å². The smallest absolute Gasteiger partial charge is 0.194 e. The molecule has 19 heavy (non-hydrogen) atoms. The Balaban J connectivity index is 2.38. The minimum Gasteiger partial charge on any atom is -0.341 e. The Morgan fingerprint density at radius 2 is 1.53 bits per heavy atom.